The van der Waals surface area contributed by atoms with Gasteiger partial charge in [0.25, 0.3) is 5.91 Å². The van der Waals surface area contributed by atoms with Crippen molar-refractivity contribution in [1.29, 1.82) is 0 Å². The molecular formula is C36H40N4O3. The molecule has 4 aromatic rings. The molecule has 1 aromatic heterocycles. The maximum atomic E-state index is 13.5. The summed E-state index contributed by atoms with van der Waals surface area (Å²) in [6.07, 6.45) is 8.10. The highest BCUT2D eigenvalue weighted by Crippen LogP contribution is 2.45. The molecule has 3 atom stereocenters. The number of nitrogens with zero attached hydrogens (tertiary/aromatic N) is 4. The van der Waals surface area contributed by atoms with Gasteiger partial charge in [0, 0.05) is 36.8 Å². The van der Waals surface area contributed by atoms with Crippen LogP contribution in [0.15, 0.2) is 72.8 Å². The number of ether oxygens (including phenoxy) is 2. The van der Waals surface area contributed by atoms with Gasteiger partial charge >= 0.3 is 0 Å². The zero-order valence-electron chi connectivity index (χ0n) is 25.0. The Morgan fingerprint density at radius 3 is 2.40 bits per heavy atom. The number of carbonyl (C=O) groups excluding carboxylic acids is 1. The van der Waals surface area contributed by atoms with E-state index in [1.807, 2.05) is 23.1 Å². The predicted molar refractivity (Wildman–Crippen MR) is 167 cm³/mol. The molecule has 7 nitrogen and oxygen atoms in total. The number of hydrogen-bond donors (Lipinski definition) is 0. The molecule has 4 aliphatic heterocycles. The molecule has 1 unspecified atom stereocenters. The van der Waals surface area contributed by atoms with Gasteiger partial charge in [0.15, 0.2) is 11.5 Å². The maximum Gasteiger partial charge on any atom is 0.253 e. The molecule has 8 rings (SSSR count). The maximum absolute atomic E-state index is 13.5. The third kappa shape index (κ3) is 4.69. The second kappa shape index (κ2) is 10.7. The normalized spacial score (nSPS) is 24.5. The molecular weight excluding hydrogens is 536 g/mol. The summed E-state index contributed by atoms with van der Waals surface area (Å²) in [5, 5.41) is 0. The quantitative estimate of drug-likeness (QED) is 0.262. The molecule has 5 heterocycles. The van der Waals surface area contributed by atoms with E-state index in [0.29, 0.717) is 35.2 Å². The first-order valence-electron chi connectivity index (χ1n) is 16.0. The number of fused-ring (bicyclic) bond motifs is 4. The lowest BCUT2D eigenvalue weighted by Gasteiger charge is -2.45. The van der Waals surface area contributed by atoms with Crippen LogP contribution in [-0.4, -0.2) is 63.8 Å². The van der Waals surface area contributed by atoms with E-state index < -0.39 is 0 Å². The SMILES string of the molecule is Cc1nc2ccccc2n1C1C[C@H]2CC[C@@H](C1)N2CCC1(c2ccccc2)CCN(C(=O)c2ccc3c(c2)OCO3)CC1. The second-order valence-electron chi connectivity index (χ2n) is 13.0. The molecule has 0 N–H and O–H groups in total. The fraction of sp³-hybridized carbons (Fsp3) is 0.444. The van der Waals surface area contributed by atoms with E-state index in [4.69, 9.17) is 14.5 Å². The van der Waals surface area contributed by atoms with Crippen LogP contribution in [0.5, 0.6) is 11.5 Å². The van der Waals surface area contributed by atoms with E-state index in [2.05, 4.69) is 71.0 Å². The van der Waals surface area contributed by atoms with Crippen LogP contribution in [0.2, 0.25) is 0 Å². The Bertz CT molecular complexity index is 1630. The van der Waals surface area contributed by atoms with Crippen molar-refractivity contribution in [1.82, 2.24) is 19.4 Å². The van der Waals surface area contributed by atoms with E-state index in [1.54, 1.807) is 0 Å². The summed E-state index contributed by atoms with van der Waals surface area (Å²) in [5.41, 5.74) is 4.58. The lowest BCUT2D eigenvalue weighted by atomic mass is 9.70. The van der Waals surface area contributed by atoms with Gasteiger partial charge in [-0.15, -0.1) is 0 Å². The van der Waals surface area contributed by atoms with Crippen LogP contribution in [0.3, 0.4) is 0 Å². The van der Waals surface area contributed by atoms with Gasteiger partial charge in [-0.3, -0.25) is 9.69 Å². The summed E-state index contributed by atoms with van der Waals surface area (Å²) in [6.45, 7) is 5.04. The minimum atomic E-state index is 0.0837. The summed E-state index contributed by atoms with van der Waals surface area (Å²) in [4.78, 5) is 23.3. The summed E-state index contributed by atoms with van der Waals surface area (Å²) in [7, 11) is 0. The van der Waals surface area contributed by atoms with Gasteiger partial charge in [-0.05, 0) is 99.7 Å². The van der Waals surface area contributed by atoms with Crippen LogP contribution >= 0.6 is 0 Å². The number of rotatable bonds is 6. The number of para-hydroxylation sites is 2. The van der Waals surface area contributed by atoms with Gasteiger partial charge in [0.1, 0.15) is 5.82 Å². The first-order chi connectivity index (χ1) is 21.1. The number of carbonyl (C=O) groups is 1. The topological polar surface area (TPSA) is 59.8 Å². The van der Waals surface area contributed by atoms with Gasteiger partial charge in [-0.25, -0.2) is 4.98 Å². The molecule has 4 aliphatic rings. The van der Waals surface area contributed by atoms with Crippen molar-refractivity contribution in [3.63, 3.8) is 0 Å². The van der Waals surface area contributed by atoms with Crippen molar-refractivity contribution in [2.45, 2.75) is 75.4 Å². The highest BCUT2D eigenvalue weighted by Gasteiger charge is 2.44. The van der Waals surface area contributed by atoms with Crippen molar-refractivity contribution in [2.24, 2.45) is 0 Å². The number of amides is 1. The van der Waals surface area contributed by atoms with Gasteiger partial charge in [-0.2, -0.15) is 0 Å². The van der Waals surface area contributed by atoms with Crippen LogP contribution in [0.25, 0.3) is 11.0 Å². The fourth-order valence-electron chi connectivity index (χ4n) is 8.62. The van der Waals surface area contributed by atoms with Crippen LogP contribution in [0.4, 0.5) is 0 Å². The Morgan fingerprint density at radius 2 is 1.60 bits per heavy atom. The van der Waals surface area contributed by atoms with Crippen molar-refractivity contribution in [2.75, 3.05) is 26.4 Å². The molecule has 1 amide bonds. The largest absolute Gasteiger partial charge is 0.454 e. The van der Waals surface area contributed by atoms with Crippen LogP contribution in [-0.2, 0) is 5.41 Å². The molecule has 3 saturated heterocycles. The molecule has 3 aromatic carbocycles. The average molecular weight is 577 g/mol. The van der Waals surface area contributed by atoms with E-state index in [-0.39, 0.29) is 18.1 Å². The molecule has 222 valence electrons. The number of imidazole rings is 1. The standard InChI is InChI=1S/C36H40N4O3/c1-25-37-31-9-5-6-10-32(31)40(25)30-22-28-12-13-29(23-30)39(28)20-17-36(27-7-3-2-4-8-27)15-18-38(19-16-36)35(41)26-11-14-33-34(21-26)43-24-42-33/h2-11,14,21,28-30H,12-13,15-20,22-24H2,1H3/t28-,29+,30?. The Kier molecular flexibility index (Phi) is 6.66. The molecule has 0 saturated carbocycles. The highest BCUT2D eigenvalue weighted by atomic mass is 16.7. The number of likely N-dealkylation sites (tertiary alicyclic amines) is 1. The van der Waals surface area contributed by atoms with Crippen molar-refractivity contribution in [3.05, 3.63) is 89.7 Å². The zero-order valence-corrected chi connectivity index (χ0v) is 25.0. The molecule has 7 heteroatoms. The minimum Gasteiger partial charge on any atom is -0.454 e. The third-order valence-electron chi connectivity index (χ3n) is 10.9. The average Bonchev–Trinajstić information content (AvgIpc) is 3.72. The predicted octanol–water partition coefficient (Wildman–Crippen LogP) is 6.51. The minimum absolute atomic E-state index is 0.0837. The Balaban J connectivity index is 0.973. The first-order valence-corrected chi connectivity index (χ1v) is 16.0. The second-order valence-corrected chi connectivity index (χ2v) is 13.0. The van der Waals surface area contributed by atoms with Crippen molar-refractivity contribution < 1.29 is 14.3 Å². The smallest absolute Gasteiger partial charge is 0.253 e. The van der Waals surface area contributed by atoms with Crippen LogP contribution in [0.1, 0.15) is 72.7 Å². The third-order valence-corrected chi connectivity index (χ3v) is 10.9. The number of benzene rings is 3. The van der Waals surface area contributed by atoms with Gasteiger partial charge < -0.3 is 18.9 Å². The van der Waals surface area contributed by atoms with Crippen molar-refractivity contribution in [3.8, 4) is 11.5 Å². The zero-order chi connectivity index (χ0) is 29.0. The lowest BCUT2D eigenvalue weighted by Crippen LogP contribution is -2.49. The first kappa shape index (κ1) is 26.8. The van der Waals surface area contributed by atoms with Crippen molar-refractivity contribution >= 4 is 16.9 Å². The summed E-state index contributed by atoms with van der Waals surface area (Å²) in [5.74, 6) is 2.60. The lowest BCUT2D eigenvalue weighted by molar-refractivity contribution is 0.0606. The summed E-state index contributed by atoms with van der Waals surface area (Å²) >= 11 is 0. The van der Waals surface area contributed by atoms with E-state index in [1.165, 1.54) is 36.8 Å². The number of piperidine rings is 2. The van der Waals surface area contributed by atoms with Gasteiger partial charge in [-0.1, -0.05) is 42.5 Å². The fourth-order valence-corrected chi connectivity index (χ4v) is 8.62. The Morgan fingerprint density at radius 1 is 0.884 bits per heavy atom. The van der Waals surface area contributed by atoms with E-state index in [9.17, 15) is 4.79 Å². The number of aryl methyl sites for hydroxylation is 1. The Hall–Kier alpha value is -3.84. The van der Waals surface area contributed by atoms with E-state index in [0.717, 1.165) is 50.2 Å². The molecule has 3 fully saturated rings. The monoisotopic (exact) mass is 576 g/mol. The number of hydrogen-bond acceptors (Lipinski definition) is 5. The van der Waals surface area contributed by atoms with Gasteiger partial charge in [0.05, 0.1) is 11.0 Å². The molecule has 0 spiro atoms. The number of aromatic nitrogens is 2. The highest BCUT2D eigenvalue weighted by molar-refractivity contribution is 5.95. The molecule has 43 heavy (non-hydrogen) atoms. The Labute approximate surface area is 253 Å². The van der Waals surface area contributed by atoms with E-state index >= 15 is 0 Å². The van der Waals surface area contributed by atoms with Crippen LogP contribution in [0, 0.1) is 6.92 Å². The van der Waals surface area contributed by atoms with Gasteiger partial charge in [0.2, 0.25) is 6.79 Å². The molecule has 0 radical (unpaired) electrons. The summed E-state index contributed by atoms with van der Waals surface area (Å²) < 4.78 is 13.5. The van der Waals surface area contributed by atoms with Crippen LogP contribution < -0.4 is 9.47 Å². The molecule has 0 aliphatic carbocycles. The molecule has 2 bridgehead atoms. The summed E-state index contributed by atoms with van der Waals surface area (Å²) in [6, 6.07) is 27.0.